The van der Waals surface area contributed by atoms with Crippen LogP contribution in [0.3, 0.4) is 0 Å². The predicted octanol–water partition coefficient (Wildman–Crippen LogP) is 3.61. The number of likely N-dealkylation sites (N-methyl/N-ethyl adjacent to an activating group) is 1. The van der Waals surface area contributed by atoms with Gasteiger partial charge in [-0.05, 0) is 25.3 Å². The maximum absolute atomic E-state index is 5.96. The molecule has 0 fully saturated rings. The summed E-state index contributed by atoms with van der Waals surface area (Å²) in [5, 5.41) is 3.58. The maximum Gasteiger partial charge on any atom is 0.0775 e. The highest BCUT2D eigenvalue weighted by atomic mass is 16.5. The highest BCUT2D eigenvalue weighted by molar-refractivity contribution is 4.86. The van der Waals surface area contributed by atoms with Crippen LogP contribution in [-0.4, -0.2) is 25.3 Å². The molecule has 0 spiro atoms. The minimum Gasteiger partial charge on any atom is -0.376 e. The van der Waals surface area contributed by atoms with Crippen LogP contribution >= 0.6 is 0 Å². The molecular weight excluding hydrogens is 198 g/mol. The molecule has 0 heterocycles. The molecule has 2 atom stereocenters. The summed E-state index contributed by atoms with van der Waals surface area (Å²) in [6.07, 6.45) is 4.05. The van der Waals surface area contributed by atoms with Crippen molar-refractivity contribution in [2.24, 2.45) is 5.41 Å². The Morgan fingerprint density at radius 1 is 1.12 bits per heavy atom. The largest absolute Gasteiger partial charge is 0.376 e. The van der Waals surface area contributed by atoms with Crippen LogP contribution in [0.25, 0.3) is 0 Å². The van der Waals surface area contributed by atoms with Crippen LogP contribution in [0.15, 0.2) is 0 Å². The monoisotopic (exact) mass is 229 g/mol. The van der Waals surface area contributed by atoms with E-state index in [1.54, 1.807) is 0 Å². The number of hydrogen-bond donors (Lipinski definition) is 1. The van der Waals surface area contributed by atoms with Crippen molar-refractivity contribution in [3.63, 3.8) is 0 Å². The third kappa shape index (κ3) is 5.86. The molecule has 98 valence electrons. The van der Waals surface area contributed by atoms with Crippen molar-refractivity contribution in [3.05, 3.63) is 0 Å². The van der Waals surface area contributed by atoms with Crippen LogP contribution in [0.1, 0.15) is 60.8 Å². The quantitative estimate of drug-likeness (QED) is 0.686. The zero-order valence-corrected chi connectivity index (χ0v) is 12.1. The molecule has 0 aromatic rings. The lowest BCUT2D eigenvalue weighted by atomic mass is 9.82. The lowest BCUT2D eigenvalue weighted by Gasteiger charge is -2.37. The van der Waals surface area contributed by atoms with Gasteiger partial charge in [0.05, 0.1) is 6.10 Å². The topological polar surface area (TPSA) is 21.3 Å². The molecule has 0 saturated heterocycles. The van der Waals surface area contributed by atoms with E-state index in [9.17, 15) is 0 Å². The molecule has 0 aliphatic heterocycles. The van der Waals surface area contributed by atoms with Gasteiger partial charge < -0.3 is 10.1 Å². The highest BCUT2D eigenvalue weighted by Crippen LogP contribution is 2.27. The van der Waals surface area contributed by atoms with E-state index in [4.69, 9.17) is 4.74 Å². The summed E-state index contributed by atoms with van der Waals surface area (Å²) in [6, 6.07) is 0.491. The Morgan fingerprint density at radius 2 is 1.75 bits per heavy atom. The fourth-order valence-corrected chi connectivity index (χ4v) is 2.20. The van der Waals surface area contributed by atoms with E-state index in [-0.39, 0.29) is 5.41 Å². The summed E-state index contributed by atoms with van der Waals surface area (Å²) in [5.74, 6) is 0. The second kappa shape index (κ2) is 8.08. The first-order chi connectivity index (χ1) is 7.47. The standard InChI is InChI=1S/C14H31NO/c1-7-10-11-12(15-8-2)13(16-9-3)14(4,5)6/h12-13,15H,7-11H2,1-6H3. The van der Waals surface area contributed by atoms with E-state index in [0.717, 1.165) is 13.2 Å². The number of hydrogen-bond acceptors (Lipinski definition) is 2. The first kappa shape index (κ1) is 15.9. The summed E-state index contributed by atoms with van der Waals surface area (Å²) < 4.78 is 5.96. The van der Waals surface area contributed by atoms with Crippen LogP contribution in [0.4, 0.5) is 0 Å². The summed E-state index contributed by atoms with van der Waals surface area (Å²) in [7, 11) is 0. The van der Waals surface area contributed by atoms with Gasteiger partial charge >= 0.3 is 0 Å². The second-order valence-corrected chi connectivity index (χ2v) is 5.55. The zero-order chi connectivity index (χ0) is 12.6. The van der Waals surface area contributed by atoms with E-state index in [2.05, 4.69) is 46.9 Å². The molecule has 0 aliphatic rings. The molecule has 1 N–H and O–H groups in total. The summed E-state index contributed by atoms with van der Waals surface area (Å²) in [4.78, 5) is 0. The van der Waals surface area contributed by atoms with E-state index >= 15 is 0 Å². The first-order valence-electron chi connectivity index (χ1n) is 6.82. The van der Waals surface area contributed by atoms with Gasteiger partial charge in [0.1, 0.15) is 0 Å². The Labute approximate surface area is 102 Å². The molecule has 2 unspecified atom stereocenters. The van der Waals surface area contributed by atoms with Gasteiger partial charge in [-0.25, -0.2) is 0 Å². The molecule has 2 heteroatoms. The molecule has 0 bridgehead atoms. The summed E-state index contributed by atoms with van der Waals surface area (Å²) >= 11 is 0. The van der Waals surface area contributed by atoms with E-state index in [0.29, 0.717) is 12.1 Å². The zero-order valence-electron chi connectivity index (χ0n) is 12.1. The van der Waals surface area contributed by atoms with Gasteiger partial charge in [-0.2, -0.15) is 0 Å². The molecule has 0 rings (SSSR count). The van der Waals surface area contributed by atoms with Gasteiger partial charge in [-0.3, -0.25) is 0 Å². The van der Waals surface area contributed by atoms with Gasteiger partial charge in [0.15, 0.2) is 0 Å². The average molecular weight is 229 g/mol. The Kier molecular flexibility index (Phi) is 8.04. The molecular formula is C14H31NO. The normalized spacial score (nSPS) is 16.1. The Hall–Kier alpha value is -0.0800. The fourth-order valence-electron chi connectivity index (χ4n) is 2.20. The maximum atomic E-state index is 5.96. The van der Waals surface area contributed by atoms with Crippen molar-refractivity contribution in [2.45, 2.75) is 73.0 Å². The first-order valence-corrected chi connectivity index (χ1v) is 6.82. The third-order valence-electron chi connectivity index (χ3n) is 2.90. The van der Waals surface area contributed by atoms with Crippen LogP contribution in [-0.2, 0) is 4.74 Å². The number of rotatable bonds is 8. The molecule has 0 radical (unpaired) electrons. The minimum atomic E-state index is 0.205. The molecule has 2 nitrogen and oxygen atoms in total. The molecule has 0 aromatic heterocycles. The Bertz CT molecular complexity index is 163. The van der Waals surface area contributed by atoms with Crippen LogP contribution in [0.5, 0.6) is 0 Å². The molecule has 0 aromatic carbocycles. The minimum absolute atomic E-state index is 0.205. The van der Waals surface area contributed by atoms with Gasteiger partial charge in [-0.1, -0.05) is 47.5 Å². The van der Waals surface area contributed by atoms with Gasteiger partial charge in [0.2, 0.25) is 0 Å². The van der Waals surface area contributed by atoms with E-state index in [1.807, 2.05) is 0 Å². The number of ether oxygens (including phenoxy) is 1. The lowest BCUT2D eigenvalue weighted by Crippen LogP contribution is -2.48. The average Bonchev–Trinajstić information content (AvgIpc) is 2.19. The van der Waals surface area contributed by atoms with Crippen molar-refractivity contribution in [1.82, 2.24) is 5.32 Å². The van der Waals surface area contributed by atoms with Crippen molar-refractivity contribution < 1.29 is 4.74 Å². The Balaban J connectivity index is 4.51. The highest BCUT2D eigenvalue weighted by Gasteiger charge is 2.31. The third-order valence-corrected chi connectivity index (χ3v) is 2.90. The summed E-state index contributed by atoms with van der Waals surface area (Å²) in [5.41, 5.74) is 0.205. The van der Waals surface area contributed by atoms with Crippen molar-refractivity contribution in [2.75, 3.05) is 13.2 Å². The Morgan fingerprint density at radius 3 is 2.12 bits per heavy atom. The fraction of sp³-hybridized carbons (Fsp3) is 1.00. The SMILES string of the molecule is CCCCC(NCC)C(OCC)C(C)(C)C. The van der Waals surface area contributed by atoms with Crippen molar-refractivity contribution in [1.29, 1.82) is 0 Å². The molecule has 16 heavy (non-hydrogen) atoms. The number of unbranched alkanes of at least 4 members (excludes halogenated alkanes) is 1. The lowest BCUT2D eigenvalue weighted by molar-refractivity contribution is -0.0374. The van der Waals surface area contributed by atoms with E-state index < -0.39 is 0 Å². The van der Waals surface area contributed by atoms with Gasteiger partial charge in [-0.15, -0.1) is 0 Å². The predicted molar refractivity (Wildman–Crippen MR) is 71.9 cm³/mol. The smallest absolute Gasteiger partial charge is 0.0775 e. The number of nitrogens with one attached hydrogen (secondary N) is 1. The summed E-state index contributed by atoms with van der Waals surface area (Å²) in [6.45, 7) is 15.1. The van der Waals surface area contributed by atoms with Crippen molar-refractivity contribution in [3.8, 4) is 0 Å². The molecule has 0 amide bonds. The molecule has 0 aliphatic carbocycles. The van der Waals surface area contributed by atoms with Gasteiger partial charge in [0, 0.05) is 12.6 Å². The second-order valence-electron chi connectivity index (χ2n) is 5.55. The van der Waals surface area contributed by atoms with Crippen LogP contribution in [0.2, 0.25) is 0 Å². The van der Waals surface area contributed by atoms with Crippen LogP contribution < -0.4 is 5.32 Å². The van der Waals surface area contributed by atoms with Gasteiger partial charge in [0.25, 0.3) is 0 Å². The van der Waals surface area contributed by atoms with Crippen LogP contribution in [0, 0.1) is 5.41 Å². The molecule has 0 saturated carbocycles. The van der Waals surface area contributed by atoms with E-state index in [1.165, 1.54) is 19.3 Å². The van der Waals surface area contributed by atoms with Crippen molar-refractivity contribution >= 4 is 0 Å².